The van der Waals surface area contributed by atoms with Crippen molar-refractivity contribution in [3.8, 4) is 0 Å². The van der Waals surface area contributed by atoms with Crippen molar-refractivity contribution in [1.29, 1.82) is 0 Å². The lowest BCUT2D eigenvalue weighted by Gasteiger charge is -2.13. The lowest BCUT2D eigenvalue weighted by molar-refractivity contribution is 0.416. The van der Waals surface area contributed by atoms with Crippen molar-refractivity contribution in [3.63, 3.8) is 0 Å². The molecule has 3 rings (SSSR count). The predicted octanol–water partition coefficient (Wildman–Crippen LogP) is 4.59. The summed E-state index contributed by atoms with van der Waals surface area (Å²) in [5, 5.41) is 6.12. The van der Waals surface area contributed by atoms with Gasteiger partial charge in [0.25, 0.3) is 0 Å². The third-order valence-corrected chi connectivity index (χ3v) is 3.67. The van der Waals surface area contributed by atoms with Crippen LogP contribution < -0.4 is 5.32 Å². The highest BCUT2D eigenvalue weighted by Gasteiger charge is 2.09. The standard InChI is InChI=1S/C18H19NO/c1-13-10-11-18(20-13)14(2)19-12-16-8-5-7-15-6-3-4-9-17(15)16/h3-11,14,19H,12H2,1-2H3. The molecule has 0 bridgehead atoms. The van der Waals surface area contributed by atoms with Crippen LogP contribution in [0.2, 0.25) is 0 Å². The highest BCUT2D eigenvalue weighted by atomic mass is 16.3. The Hall–Kier alpha value is -2.06. The van der Waals surface area contributed by atoms with E-state index < -0.39 is 0 Å². The van der Waals surface area contributed by atoms with Gasteiger partial charge in [-0.3, -0.25) is 0 Å². The summed E-state index contributed by atoms with van der Waals surface area (Å²) < 4.78 is 5.66. The molecular formula is C18H19NO. The van der Waals surface area contributed by atoms with E-state index in [0.29, 0.717) is 0 Å². The van der Waals surface area contributed by atoms with Gasteiger partial charge in [-0.05, 0) is 42.3 Å². The molecule has 102 valence electrons. The number of hydrogen-bond donors (Lipinski definition) is 1. The van der Waals surface area contributed by atoms with Gasteiger partial charge in [-0.2, -0.15) is 0 Å². The summed E-state index contributed by atoms with van der Waals surface area (Å²) in [5.74, 6) is 1.95. The first kappa shape index (κ1) is 12.9. The molecule has 0 saturated carbocycles. The topological polar surface area (TPSA) is 25.2 Å². The van der Waals surface area contributed by atoms with Gasteiger partial charge in [0.05, 0.1) is 6.04 Å². The van der Waals surface area contributed by atoms with Gasteiger partial charge in [0, 0.05) is 6.54 Å². The number of hydrogen-bond acceptors (Lipinski definition) is 2. The zero-order chi connectivity index (χ0) is 13.9. The van der Waals surface area contributed by atoms with E-state index in [4.69, 9.17) is 4.42 Å². The molecule has 1 aromatic heterocycles. The molecule has 20 heavy (non-hydrogen) atoms. The van der Waals surface area contributed by atoms with Gasteiger partial charge in [-0.15, -0.1) is 0 Å². The first-order valence-corrected chi connectivity index (χ1v) is 7.00. The third-order valence-electron chi connectivity index (χ3n) is 3.67. The number of benzene rings is 2. The van der Waals surface area contributed by atoms with Gasteiger partial charge in [0.2, 0.25) is 0 Å². The fourth-order valence-electron chi connectivity index (χ4n) is 2.50. The molecule has 0 radical (unpaired) electrons. The molecule has 0 saturated heterocycles. The number of rotatable bonds is 4. The smallest absolute Gasteiger partial charge is 0.120 e. The molecular weight excluding hydrogens is 246 g/mol. The van der Waals surface area contributed by atoms with Gasteiger partial charge in [0.1, 0.15) is 11.5 Å². The van der Waals surface area contributed by atoms with Crippen molar-refractivity contribution in [2.45, 2.75) is 26.4 Å². The van der Waals surface area contributed by atoms with Crippen LogP contribution in [0.1, 0.15) is 30.0 Å². The van der Waals surface area contributed by atoms with E-state index in [1.54, 1.807) is 0 Å². The van der Waals surface area contributed by atoms with Crippen LogP contribution >= 0.6 is 0 Å². The van der Waals surface area contributed by atoms with Gasteiger partial charge in [-0.25, -0.2) is 0 Å². The van der Waals surface area contributed by atoms with E-state index in [1.165, 1.54) is 16.3 Å². The molecule has 0 aliphatic carbocycles. The number of fused-ring (bicyclic) bond motifs is 1. The minimum Gasteiger partial charge on any atom is -0.465 e. The maximum atomic E-state index is 5.66. The second-order valence-electron chi connectivity index (χ2n) is 5.19. The van der Waals surface area contributed by atoms with E-state index >= 15 is 0 Å². The van der Waals surface area contributed by atoms with E-state index in [2.05, 4.69) is 54.7 Å². The third kappa shape index (κ3) is 2.61. The van der Waals surface area contributed by atoms with Crippen LogP contribution in [0.4, 0.5) is 0 Å². The fourth-order valence-corrected chi connectivity index (χ4v) is 2.50. The Morgan fingerprint density at radius 1 is 1.00 bits per heavy atom. The Morgan fingerprint density at radius 2 is 1.80 bits per heavy atom. The van der Waals surface area contributed by atoms with Crippen LogP contribution in [-0.2, 0) is 6.54 Å². The molecule has 0 aliphatic heterocycles. The van der Waals surface area contributed by atoms with E-state index in [9.17, 15) is 0 Å². The van der Waals surface area contributed by atoms with Crippen LogP contribution in [0.15, 0.2) is 59.0 Å². The zero-order valence-corrected chi connectivity index (χ0v) is 11.9. The van der Waals surface area contributed by atoms with Crippen molar-refractivity contribution in [2.24, 2.45) is 0 Å². The van der Waals surface area contributed by atoms with Crippen LogP contribution in [0.25, 0.3) is 10.8 Å². The highest BCUT2D eigenvalue weighted by molar-refractivity contribution is 5.85. The molecule has 2 nitrogen and oxygen atoms in total. The largest absolute Gasteiger partial charge is 0.465 e. The van der Waals surface area contributed by atoms with Crippen molar-refractivity contribution in [1.82, 2.24) is 5.32 Å². The zero-order valence-electron chi connectivity index (χ0n) is 11.9. The Labute approximate surface area is 119 Å². The van der Waals surface area contributed by atoms with E-state index in [1.807, 2.05) is 19.1 Å². The van der Waals surface area contributed by atoms with Crippen molar-refractivity contribution in [3.05, 3.63) is 71.7 Å². The van der Waals surface area contributed by atoms with E-state index in [0.717, 1.165) is 18.1 Å². The molecule has 0 amide bonds. The fraction of sp³-hybridized carbons (Fsp3) is 0.222. The van der Waals surface area contributed by atoms with Crippen LogP contribution in [0, 0.1) is 6.92 Å². The highest BCUT2D eigenvalue weighted by Crippen LogP contribution is 2.20. The molecule has 1 atom stereocenters. The summed E-state index contributed by atoms with van der Waals surface area (Å²) >= 11 is 0. The number of aryl methyl sites for hydroxylation is 1. The average molecular weight is 265 g/mol. The Kier molecular flexibility index (Phi) is 3.57. The predicted molar refractivity (Wildman–Crippen MR) is 82.6 cm³/mol. The second-order valence-corrected chi connectivity index (χ2v) is 5.19. The summed E-state index contributed by atoms with van der Waals surface area (Å²) in [6, 6.07) is 19.2. The maximum Gasteiger partial charge on any atom is 0.120 e. The lowest BCUT2D eigenvalue weighted by atomic mass is 10.0. The molecule has 2 heteroatoms. The molecule has 1 heterocycles. The Balaban J connectivity index is 1.77. The normalized spacial score (nSPS) is 12.7. The molecule has 2 aromatic carbocycles. The monoisotopic (exact) mass is 265 g/mol. The average Bonchev–Trinajstić information content (AvgIpc) is 2.91. The summed E-state index contributed by atoms with van der Waals surface area (Å²) in [5.41, 5.74) is 1.32. The molecule has 1 unspecified atom stereocenters. The first-order valence-electron chi connectivity index (χ1n) is 7.00. The van der Waals surface area contributed by atoms with E-state index in [-0.39, 0.29) is 6.04 Å². The minimum atomic E-state index is 0.211. The number of furan rings is 1. The van der Waals surface area contributed by atoms with Crippen LogP contribution in [-0.4, -0.2) is 0 Å². The lowest BCUT2D eigenvalue weighted by Crippen LogP contribution is -2.17. The quantitative estimate of drug-likeness (QED) is 0.746. The van der Waals surface area contributed by atoms with Crippen molar-refractivity contribution < 1.29 is 4.42 Å². The molecule has 1 N–H and O–H groups in total. The van der Waals surface area contributed by atoms with Crippen molar-refractivity contribution >= 4 is 10.8 Å². The maximum absolute atomic E-state index is 5.66. The summed E-state index contributed by atoms with van der Waals surface area (Å²) in [6.07, 6.45) is 0. The molecule has 0 fully saturated rings. The number of nitrogens with one attached hydrogen (secondary N) is 1. The molecule has 0 aliphatic rings. The molecule has 0 spiro atoms. The van der Waals surface area contributed by atoms with Crippen LogP contribution in [0.3, 0.4) is 0 Å². The summed E-state index contributed by atoms with van der Waals surface area (Å²) in [7, 11) is 0. The van der Waals surface area contributed by atoms with Crippen molar-refractivity contribution in [2.75, 3.05) is 0 Å². The summed E-state index contributed by atoms with van der Waals surface area (Å²) in [6.45, 7) is 4.94. The Morgan fingerprint density at radius 3 is 2.60 bits per heavy atom. The molecule has 3 aromatic rings. The van der Waals surface area contributed by atoms with Gasteiger partial charge in [0.15, 0.2) is 0 Å². The summed E-state index contributed by atoms with van der Waals surface area (Å²) in [4.78, 5) is 0. The second kappa shape index (κ2) is 5.51. The first-order chi connectivity index (χ1) is 9.74. The Bertz CT molecular complexity index is 709. The van der Waals surface area contributed by atoms with Gasteiger partial charge < -0.3 is 9.73 Å². The van der Waals surface area contributed by atoms with Crippen LogP contribution in [0.5, 0.6) is 0 Å². The minimum absolute atomic E-state index is 0.211. The SMILES string of the molecule is Cc1ccc(C(C)NCc2cccc3ccccc23)o1. The van der Waals surface area contributed by atoms with Gasteiger partial charge in [-0.1, -0.05) is 42.5 Å². The van der Waals surface area contributed by atoms with Gasteiger partial charge >= 0.3 is 0 Å².